The minimum absolute atomic E-state index is 0.374. The Morgan fingerprint density at radius 3 is 2.74 bits per heavy atom. The van der Waals surface area contributed by atoms with E-state index in [-0.39, 0.29) is 6.54 Å². The number of aliphatic carboxylic acids is 1. The molecule has 5 nitrogen and oxygen atoms in total. The highest BCUT2D eigenvalue weighted by Gasteiger charge is 2.29. The summed E-state index contributed by atoms with van der Waals surface area (Å²) in [7, 11) is 0. The van der Waals surface area contributed by atoms with Crippen LogP contribution in [-0.4, -0.2) is 34.2 Å². The molecule has 0 fully saturated rings. The van der Waals surface area contributed by atoms with Crippen LogP contribution in [0.25, 0.3) is 6.08 Å². The van der Waals surface area contributed by atoms with Gasteiger partial charge in [0, 0.05) is 11.1 Å². The molecule has 1 amide bonds. The van der Waals surface area contributed by atoms with E-state index in [1.807, 2.05) is 0 Å². The molecule has 0 bridgehead atoms. The van der Waals surface area contributed by atoms with Crippen LogP contribution in [0.5, 0.6) is 0 Å². The first-order valence-electron chi connectivity index (χ1n) is 5.48. The predicted octanol–water partition coefficient (Wildman–Crippen LogP) is 1.31. The number of halogens is 1. The van der Waals surface area contributed by atoms with Crippen LogP contribution in [0.3, 0.4) is 0 Å². The van der Waals surface area contributed by atoms with Crippen LogP contribution in [0.15, 0.2) is 30.3 Å². The Hall–Kier alpha value is -1.85. The summed E-state index contributed by atoms with van der Waals surface area (Å²) in [5, 5.41) is 20.9. The van der Waals surface area contributed by atoms with Crippen molar-refractivity contribution in [3.63, 3.8) is 0 Å². The Kier molecular flexibility index (Phi) is 5.09. The van der Waals surface area contributed by atoms with Crippen molar-refractivity contribution in [2.45, 2.75) is 12.5 Å². The highest BCUT2D eigenvalue weighted by Crippen LogP contribution is 2.11. The van der Waals surface area contributed by atoms with Gasteiger partial charge >= 0.3 is 5.97 Å². The van der Waals surface area contributed by atoms with Gasteiger partial charge in [-0.2, -0.15) is 0 Å². The molecule has 0 saturated carbocycles. The number of carboxylic acids is 1. The minimum atomic E-state index is -1.99. The predicted molar refractivity (Wildman–Crippen MR) is 71.8 cm³/mol. The molecule has 0 spiro atoms. The largest absolute Gasteiger partial charge is 0.479 e. The summed E-state index contributed by atoms with van der Waals surface area (Å²) in [6.45, 7) is 0.733. The first-order valence-corrected chi connectivity index (χ1v) is 5.86. The second-order valence-electron chi connectivity index (χ2n) is 4.19. The van der Waals surface area contributed by atoms with Gasteiger partial charge < -0.3 is 15.5 Å². The van der Waals surface area contributed by atoms with Gasteiger partial charge in [0.15, 0.2) is 5.60 Å². The van der Waals surface area contributed by atoms with Crippen LogP contribution in [-0.2, 0) is 9.59 Å². The average molecular weight is 284 g/mol. The van der Waals surface area contributed by atoms with Gasteiger partial charge in [-0.25, -0.2) is 4.79 Å². The molecule has 102 valence electrons. The minimum Gasteiger partial charge on any atom is -0.479 e. The van der Waals surface area contributed by atoms with Crippen molar-refractivity contribution in [3.8, 4) is 0 Å². The normalized spacial score (nSPS) is 14.1. The van der Waals surface area contributed by atoms with E-state index in [9.17, 15) is 14.7 Å². The Labute approximate surface area is 115 Å². The number of nitrogens with one attached hydrogen (secondary N) is 1. The van der Waals surface area contributed by atoms with E-state index in [1.165, 1.54) is 12.2 Å². The van der Waals surface area contributed by atoms with Crippen LogP contribution in [0, 0.1) is 0 Å². The number of hydrogen-bond donors (Lipinski definition) is 3. The molecule has 0 radical (unpaired) electrons. The van der Waals surface area contributed by atoms with Crippen LogP contribution in [0.2, 0.25) is 5.02 Å². The van der Waals surface area contributed by atoms with Gasteiger partial charge in [0.05, 0.1) is 6.54 Å². The van der Waals surface area contributed by atoms with Crippen molar-refractivity contribution >= 4 is 29.6 Å². The smallest absolute Gasteiger partial charge is 0.337 e. The molecule has 0 aliphatic heterocycles. The second kappa shape index (κ2) is 6.36. The number of carboxylic acid groups (broad SMARTS) is 1. The quantitative estimate of drug-likeness (QED) is 0.711. The maximum Gasteiger partial charge on any atom is 0.337 e. The number of rotatable bonds is 5. The Morgan fingerprint density at radius 1 is 1.47 bits per heavy atom. The zero-order chi connectivity index (χ0) is 14.5. The Bertz CT molecular complexity index is 511. The molecule has 1 aromatic rings. The molecule has 0 saturated heterocycles. The van der Waals surface area contributed by atoms with E-state index >= 15 is 0 Å². The average Bonchev–Trinajstić information content (AvgIpc) is 2.34. The number of hydrogen-bond acceptors (Lipinski definition) is 3. The van der Waals surface area contributed by atoms with Crippen LogP contribution in [0.1, 0.15) is 12.5 Å². The molecular weight excluding hydrogens is 270 g/mol. The zero-order valence-corrected chi connectivity index (χ0v) is 11.0. The van der Waals surface area contributed by atoms with E-state index in [4.69, 9.17) is 16.7 Å². The van der Waals surface area contributed by atoms with Crippen molar-refractivity contribution in [2.75, 3.05) is 6.54 Å². The van der Waals surface area contributed by atoms with Crippen LogP contribution in [0.4, 0.5) is 0 Å². The fourth-order valence-electron chi connectivity index (χ4n) is 1.18. The third-order valence-corrected chi connectivity index (χ3v) is 2.58. The summed E-state index contributed by atoms with van der Waals surface area (Å²) >= 11 is 5.78. The summed E-state index contributed by atoms with van der Waals surface area (Å²) in [5.74, 6) is -1.90. The lowest BCUT2D eigenvalue weighted by Gasteiger charge is -2.17. The molecule has 0 aromatic heterocycles. The van der Waals surface area contributed by atoms with E-state index in [0.717, 1.165) is 12.5 Å². The maximum atomic E-state index is 11.4. The third-order valence-electron chi connectivity index (χ3n) is 2.34. The number of benzene rings is 1. The van der Waals surface area contributed by atoms with Crippen molar-refractivity contribution in [3.05, 3.63) is 40.9 Å². The highest BCUT2D eigenvalue weighted by molar-refractivity contribution is 6.30. The van der Waals surface area contributed by atoms with Gasteiger partial charge in [-0.3, -0.25) is 4.79 Å². The Morgan fingerprint density at radius 2 is 2.16 bits per heavy atom. The first kappa shape index (κ1) is 15.2. The SMILES string of the molecule is CC(O)(CNC(=O)C=Cc1cccc(Cl)c1)C(=O)O. The number of aliphatic hydroxyl groups is 1. The van der Waals surface area contributed by atoms with Crippen molar-refractivity contribution in [1.82, 2.24) is 5.32 Å². The third kappa shape index (κ3) is 5.11. The molecular formula is C13H14ClNO4. The monoisotopic (exact) mass is 283 g/mol. The number of amides is 1. The van der Waals surface area contributed by atoms with E-state index < -0.39 is 17.5 Å². The maximum absolute atomic E-state index is 11.4. The van der Waals surface area contributed by atoms with Crippen molar-refractivity contribution < 1.29 is 19.8 Å². The molecule has 0 aliphatic carbocycles. The molecule has 1 aromatic carbocycles. The highest BCUT2D eigenvalue weighted by atomic mass is 35.5. The summed E-state index contributed by atoms with van der Waals surface area (Å²) in [6, 6.07) is 6.90. The fourth-order valence-corrected chi connectivity index (χ4v) is 1.37. The molecule has 1 rings (SSSR count). The molecule has 1 unspecified atom stereocenters. The van der Waals surface area contributed by atoms with Gasteiger partial charge in [-0.1, -0.05) is 23.7 Å². The summed E-state index contributed by atoms with van der Waals surface area (Å²) < 4.78 is 0. The molecule has 6 heteroatoms. The number of carbonyl (C=O) groups excluding carboxylic acids is 1. The first-order chi connectivity index (χ1) is 8.81. The summed E-state index contributed by atoms with van der Waals surface area (Å²) in [6.07, 6.45) is 2.78. The lowest BCUT2D eigenvalue weighted by Crippen LogP contribution is -2.46. The fraction of sp³-hybridized carbons (Fsp3) is 0.231. The van der Waals surface area contributed by atoms with Crippen molar-refractivity contribution in [2.24, 2.45) is 0 Å². The lowest BCUT2D eigenvalue weighted by molar-refractivity contribution is -0.156. The van der Waals surface area contributed by atoms with Gasteiger partial charge in [0.1, 0.15) is 0 Å². The topological polar surface area (TPSA) is 86.6 Å². The van der Waals surface area contributed by atoms with Crippen LogP contribution < -0.4 is 5.32 Å². The Balaban J connectivity index is 2.54. The van der Waals surface area contributed by atoms with Gasteiger partial charge in [0.25, 0.3) is 0 Å². The molecule has 3 N–H and O–H groups in total. The molecule has 1 atom stereocenters. The standard InChI is InChI=1S/C13H14ClNO4/c1-13(19,12(17)18)8-15-11(16)6-5-9-3-2-4-10(14)7-9/h2-7,19H,8H2,1H3,(H,15,16)(H,17,18). The lowest BCUT2D eigenvalue weighted by atomic mass is 10.1. The van der Waals surface area contributed by atoms with E-state index in [0.29, 0.717) is 5.02 Å². The van der Waals surface area contributed by atoms with Gasteiger partial charge in [0.2, 0.25) is 5.91 Å². The second-order valence-corrected chi connectivity index (χ2v) is 4.62. The van der Waals surface area contributed by atoms with Crippen molar-refractivity contribution in [1.29, 1.82) is 0 Å². The summed E-state index contributed by atoms with van der Waals surface area (Å²) in [5.41, 5.74) is -1.24. The molecule has 19 heavy (non-hydrogen) atoms. The van der Waals surface area contributed by atoms with Gasteiger partial charge in [-0.15, -0.1) is 0 Å². The summed E-state index contributed by atoms with van der Waals surface area (Å²) in [4.78, 5) is 22.1. The zero-order valence-electron chi connectivity index (χ0n) is 10.3. The van der Waals surface area contributed by atoms with Crippen LogP contribution >= 0.6 is 11.6 Å². The number of carbonyl (C=O) groups is 2. The van der Waals surface area contributed by atoms with E-state index in [2.05, 4.69) is 5.32 Å². The molecule has 0 heterocycles. The molecule has 0 aliphatic rings. The van der Waals surface area contributed by atoms with Gasteiger partial charge in [-0.05, 0) is 30.7 Å². The van der Waals surface area contributed by atoms with E-state index in [1.54, 1.807) is 24.3 Å².